The molecular formula is C16H17NO3. The first-order valence-electron chi connectivity index (χ1n) is 6.42. The number of para-hydroxylation sites is 1. The highest BCUT2D eigenvalue weighted by atomic mass is 16.5. The fourth-order valence-electron chi connectivity index (χ4n) is 1.92. The first kappa shape index (κ1) is 14.1. The van der Waals surface area contributed by atoms with Crippen molar-refractivity contribution in [2.24, 2.45) is 5.73 Å². The lowest BCUT2D eigenvalue weighted by Crippen LogP contribution is -2.26. The molecule has 4 heteroatoms. The number of carbonyl (C=O) groups is 1. The molecule has 0 aliphatic heterocycles. The zero-order valence-corrected chi connectivity index (χ0v) is 11.0. The van der Waals surface area contributed by atoms with Gasteiger partial charge in [0, 0.05) is 6.04 Å². The molecule has 4 nitrogen and oxygen atoms in total. The summed E-state index contributed by atoms with van der Waals surface area (Å²) >= 11 is 0. The Labute approximate surface area is 117 Å². The smallest absolute Gasteiger partial charge is 0.304 e. The molecule has 1 unspecified atom stereocenters. The van der Waals surface area contributed by atoms with Crippen LogP contribution in [0, 0.1) is 0 Å². The number of aliphatic carboxylic acids is 1. The molecule has 0 spiro atoms. The average molecular weight is 271 g/mol. The van der Waals surface area contributed by atoms with Crippen LogP contribution < -0.4 is 10.5 Å². The van der Waals surface area contributed by atoms with E-state index in [-0.39, 0.29) is 12.5 Å². The normalized spacial score (nSPS) is 11.8. The Morgan fingerprint density at radius 2 is 1.65 bits per heavy atom. The van der Waals surface area contributed by atoms with E-state index < -0.39 is 5.97 Å². The van der Waals surface area contributed by atoms with Crippen molar-refractivity contribution in [3.8, 4) is 11.5 Å². The van der Waals surface area contributed by atoms with E-state index >= 15 is 0 Å². The number of rotatable bonds is 6. The minimum absolute atomic E-state index is 0.0255. The van der Waals surface area contributed by atoms with Gasteiger partial charge in [-0.15, -0.1) is 0 Å². The van der Waals surface area contributed by atoms with Crippen LogP contribution >= 0.6 is 0 Å². The number of benzene rings is 2. The molecule has 0 aromatic heterocycles. The Morgan fingerprint density at radius 1 is 1.05 bits per heavy atom. The maximum absolute atomic E-state index is 10.6. The minimum atomic E-state index is -0.874. The Morgan fingerprint density at radius 3 is 2.25 bits per heavy atom. The van der Waals surface area contributed by atoms with E-state index in [1.807, 2.05) is 54.6 Å². The number of nitrogens with two attached hydrogens (primary N) is 1. The van der Waals surface area contributed by atoms with Crippen molar-refractivity contribution in [2.45, 2.75) is 18.9 Å². The monoisotopic (exact) mass is 271 g/mol. The largest absolute Gasteiger partial charge is 0.481 e. The maximum atomic E-state index is 10.6. The van der Waals surface area contributed by atoms with Crippen molar-refractivity contribution < 1.29 is 14.6 Å². The van der Waals surface area contributed by atoms with Gasteiger partial charge in [-0.2, -0.15) is 0 Å². The van der Waals surface area contributed by atoms with E-state index in [1.165, 1.54) is 0 Å². The third kappa shape index (κ3) is 4.40. The van der Waals surface area contributed by atoms with E-state index in [1.54, 1.807) is 0 Å². The van der Waals surface area contributed by atoms with Crippen LogP contribution in [-0.4, -0.2) is 17.1 Å². The minimum Gasteiger partial charge on any atom is -0.481 e. The van der Waals surface area contributed by atoms with Crippen LogP contribution in [0.25, 0.3) is 0 Å². The second-order valence-electron chi connectivity index (χ2n) is 4.62. The van der Waals surface area contributed by atoms with Gasteiger partial charge in [0.15, 0.2) is 0 Å². The lowest BCUT2D eigenvalue weighted by Gasteiger charge is -2.10. The maximum Gasteiger partial charge on any atom is 0.304 e. The summed E-state index contributed by atoms with van der Waals surface area (Å²) in [6.07, 6.45) is 0.514. The van der Waals surface area contributed by atoms with E-state index in [0.29, 0.717) is 6.42 Å². The molecule has 0 amide bonds. The second kappa shape index (κ2) is 6.73. The van der Waals surface area contributed by atoms with Crippen molar-refractivity contribution in [2.75, 3.05) is 0 Å². The van der Waals surface area contributed by atoms with Crippen molar-refractivity contribution in [3.63, 3.8) is 0 Å². The molecule has 0 saturated carbocycles. The molecule has 2 aromatic rings. The summed E-state index contributed by atoms with van der Waals surface area (Å²) in [5, 5.41) is 8.67. The van der Waals surface area contributed by atoms with Gasteiger partial charge in [-0.3, -0.25) is 4.79 Å². The van der Waals surface area contributed by atoms with E-state index in [2.05, 4.69) is 0 Å². The van der Waals surface area contributed by atoms with Crippen molar-refractivity contribution in [1.82, 2.24) is 0 Å². The van der Waals surface area contributed by atoms with Gasteiger partial charge >= 0.3 is 5.97 Å². The number of hydrogen-bond acceptors (Lipinski definition) is 3. The highest BCUT2D eigenvalue weighted by Crippen LogP contribution is 2.21. The SMILES string of the molecule is NC(CC(=O)O)Cc1ccc(Oc2ccccc2)cc1. The molecule has 104 valence electrons. The Balaban J connectivity index is 1.94. The molecule has 20 heavy (non-hydrogen) atoms. The van der Waals surface area contributed by atoms with Gasteiger partial charge in [-0.25, -0.2) is 0 Å². The molecule has 1 atom stereocenters. The van der Waals surface area contributed by atoms with Crippen LogP contribution in [0.15, 0.2) is 54.6 Å². The van der Waals surface area contributed by atoms with Crippen molar-refractivity contribution >= 4 is 5.97 Å². The molecule has 2 aromatic carbocycles. The predicted molar refractivity (Wildman–Crippen MR) is 76.9 cm³/mol. The average Bonchev–Trinajstić information content (AvgIpc) is 2.41. The van der Waals surface area contributed by atoms with Gasteiger partial charge in [0.2, 0.25) is 0 Å². The molecule has 0 heterocycles. The van der Waals surface area contributed by atoms with Crippen LogP contribution in [0.4, 0.5) is 0 Å². The standard InChI is InChI=1S/C16H17NO3/c17-13(11-16(18)19)10-12-6-8-15(9-7-12)20-14-4-2-1-3-5-14/h1-9,13H,10-11,17H2,(H,18,19). The van der Waals surface area contributed by atoms with E-state index in [4.69, 9.17) is 15.6 Å². The molecule has 3 N–H and O–H groups in total. The third-order valence-electron chi connectivity index (χ3n) is 2.84. The summed E-state index contributed by atoms with van der Waals surface area (Å²) in [7, 11) is 0. The van der Waals surface area contributed by atoms with E-state index in [0.717, 1.165) is 17.1 Å². The lowest BCUT2D eigenvalue weighted by atomic mass is 10.0. The van der Waals surface area contributed by atoms with Crippen LogP contribution in [0.5, 0.6) is 11.5 Å². The van der Waals surface area contributed by atoms with Crippen LogP contribution in [0.2, 0.25) is 0 Å². The third-order valence-corrected chi connectivity index (χ3v) is 2.84. The molecule has 0 aliphatic carbocycles. The zero-order chi connectivity index (χ0) is 14.4. The molecule has 0 bridgehead atoms. The summed E-state index contributed by atoms with van der Waals surface area (Å²) in [4.78, 5) is 10.6. The number of carboxylic acid groups (broad SMARTS) is 1. The summed E-state index contributed by atoms with van der Waals surface area (Å²) in [6, 6.07) is 16.7. The quantitative estimate of drug-likeness (QED) is 0.847. The Hall–Kier alpha value is -2.33. The first-order chi connectivity index (χ1) is 9.63. The first-order valence-corrected chi connectivity index (χ1v) is 6.42. The van der Waals surface area contributed by atoms with Crippen LogP contribution in [-0.2, 0) is 11.2 Å². The molecule has 0 radical (unpaired) electrons. The molecule has 0 aliphatic rings. The van der Waals surface area contributed by atoms with Crippen LogP contribution in [0.1, 0.15) is 12.0 Å². The molecule has 0 fully saturated rings. The summed E-state index contributed by atoms with van der Waals surface area (Å²) in [5.41, 5.74) is 6.76. The molecule has 2 rings (SSSR count). The van der Waals surface area contributed by atoms with Crippen molar-refractivity contribution in [3.05, 3.63) is 60.2 Å². The predicted octanol–water partition coefficient (Wildman–Crippen LogP) is 2.82. The summed E-state index contributed by atoms with van der Waals surface area (Å²) < 4.78 is 5.68. The van der Waals surface area contributed by atoms with Crippen molar-refractivity contribution in [1.29, 1.82) is 0 Å². The number of ether oxygens (including phenoxy) is 1. The van der Waals surface area contributed by atoms with Gasteiger partial charge < -0.3 is 15.6 Å². The number of carboxylic acids is 1. The van der Waals surface area contributed by atoms with Crippen LogP contribution in [0.3, 0.4) is 0 Å². The van der Waals surface area contributed by atoms with Gasteiger partial charge in [0.05, 0.1) is 6.42 Å². The van der Waals surface area contributed by atoms with Gasteiger partial charge in [0.1, 0.15) is 11.5 Å². The highest BCUT2D eigenvalue weighted by Gasteiger charge is 2.08. The zero-order valence-electron chi connectivity index (χ0n) is 11.0. The fourth-order valence-corrected chi connectivity index (χ4v) is 1.92. The Bertz CT molecular complexity index is 552. The van der Waals surface area contributed by atoms with Gasteiger partial charge in [-0.05, 0) is 36.2 Å². The van der Waals surface area contributed by atoms with Gasteiger partial charge in [-0.1, -0.05) is 30.3 Å². The lowest BCUT2D eigenvalue weighted by molar-refractivity contribution is -0.137. The second-order valence-corrected chi connectivity index (χ2v) is 4.62. The topological polar surface area (TPSA) is 72.6 Å². The molecular weight excluding hydrogens is 254 g/mol. The Kier molecular flexibility index (Phi) is 4.74. The fraction of sp³-hybridized carbons (Fsp3) is 0.188. The number of hydrogen-bond donors (Lipinski definition) is 2. The van der Waals surface area contributed by atoms with Gasteiger partial charge in [0.25, 0.3) is 0 Å². The highest BCUT2D eigenvalue weighted by molar-refractivity contribution is 5.67. The summed E-state index contributed by atoms with van der Waals surface area (Å²) in [5.74, 6) is 0.649. The molecule has 0 saturated heterocycles. The van der Waals surface area contributed by atoms with E-state index in [9.17, 15) is 4.79 Å². The summed E-state index contributed by atoms with van der Waals surface area (Å²) in [6.45, 7) is 0.